The maximum atomic E-state index is 12.7. The molecule has 2 aliphatic rings. The number of piperidine rings is 1. The van der Waals surface area contributed by atoms with Crippen LogP contribution >= 0.6 is 0 Å². The summed E-state index contributed by atoms with van der Waals surface area (Å²) < 4.78 is 0. The summed E-state index contributed by atoms with van der Waals surface area (Å²) in [4.78, 5) is 14.8. The summed E-state index contributed by atoms with van der Waals surface area (Å²) in [5.41, 5.74) is -0.283. The topological polar surface area (TPSA) is 32.3 Å². The SMILES string of the molecule is CCCCN(C(=O)C1(C)CCCCN1)C1CC1. The molecule has 3 nitrogen and oxygen atoms in total. The van der Waals surface area contributed by atoms with Crippen molar-refractivity contribution in [3.63, 3.8) is 0 Å². The highest BCUT2D eigenvalue weighted by atomic mass is 16.2. The maximum Gasteiger partial charge on any atom is 0.242 e. The van der Waals surface area contributed by atoms with Gasteiger partial charge in [0.15, 0.2) is 0 Å². The molecule has 3 heteroatoms. The summed E-state index contributed by atoms with van der Waals surface area (Å²) in [6.07, 6.45) is 8.12. The van der Waals surface area contributed by atoms with Crippen molar-refractivity contribution in [3.8, 4) is 0 Å². The second-order valence-corrected chi connectivity index (χ2v) is 5.80. The molecule has 17 heavy (non-hydrogen) atoms. The Morgan fingerprint density at radius 1 is 1.41 bits per heavy atom. The lowest BCUT2D eigenvalue weighted by Crippen LogP contribution is -2.58. The lowest BCUT2D eigenvalue weighted by atomic mass is 9.89. The van der Waals surface area contributed by atoms with Crippen molar-refractivity contribution in [1.82, 2.24) is 10.2 Å². The highest BCUT2D eigenvalue weighted by molar-refractivity contribution is 5.86. The number of nitrogens with one attached hydrogen (secondary N) is 1. The molecule has 1 atom stereocenters. The van der Waals surface area contributed by atoms with Crippen molar-refractivity contribution in [2.45, 2.75) is 70.4 Å². The molecular weight excluding hydrogens is 212 g/mol. The van der Waals surface area contributed by atoms with Gasteiger partial charge < -0.3 is 10.2 Å². The number of carbonyl (C=O) groups is 1. The Morgan fingerprint density at radius 3 is 2.71 bits per heavy atom. The number of hydrogen-bond donors (Lipinski definition) is 1. The fourth-order valence-electron chi connectivity index (χ4n) is 2.72. The van der Waals surface area contributed by atoms with Crippen molar-refractivity contribution in [1.29, 1.82) is 0 Å². The van der Waals surface area contributed by atoms with Crippen LogP contribution in [-0.2, 0) is 4.79 Å². The molecule has 1 saturated heterocycles. The maximum absolute atomic E-state index is 12.7. The van der Waals surface area contributed by atoms with Gasteiger partial charge in [-0.05, 0) is 52.0 Å². The van der Waals surface area contributed by atoms with Crippen LogP contribution in [0.2, 0.25) is 0 Å². The van der Waals surface area contributed by atoms with Crippen LogP contribution in [0.1, 0.15) is 58.8 Å². The third-order valence-corrected chi connectivity index (χ3v) is 4.09. The molecule has 2 fully saturated rings. The average molecular weight is 238 g/mol. The van der Waals surface area contributed by atoms with Crippen LogP contribution in [0.25, 0.3) is 0 Å². The fourth-order valence-corrected chi connectivity index (χ4v) is 2.72. The van der Waals surface area contributed by atoms with Crippen molar-refractivity contribution in [2.24, 2.45) is 0 Å². The zero-order valence-corrected chi connectivity index (χ0v) is 11.3. The van der Waals surface area contributed by atoms with Crippen LogP contribution in [0.15, 0.2) is 0 Å². The molecule has 1 amide bonds. The predicted octanol–water partition coefficient (Wildman–Crippen LogP) is 2.31. The highest BCUT2D eigenvalue weighted by Crippen LogP contribution is 2.31. The summed E-state index contributed by atoms with van der Waals surface area (Å²) in [5.74, 6) is 0.355. The number of carbonyl (C=O) groups excluding carboxylic acids is 1. The van der Waals surface area contributed by atoms with Gasteiger partial charge in [-0.3, -0.25) is 4.79 Å². The van der Waals surface area contributed by atoms with Gasteiger partial charge in [-0.25, -0.2) is 0 Å². The summed E-state index contributed by atoms with van der Waals surface area (Å²) in [6, 6.07) is 0.551. The van der Waals surface area contributed by atoms with E-state index in [0.717, 1.165) is 25.9 Å². The van der Waals surface area contributed by atoms with Crippen molar-refractivity contribution in [3.05, 3.63) is 0 Å². The summed E-state index contributed by atoms with van der Waals surface area (Å²) in [6.45, 7) is 6.23. The van der Waals surface area contributed by atoms with Gasteiger partial charge in [0.25, 0.3) is 0 Å². The zero-order valence-electron chi connectivity index (χ0n) is 11.3. The molecule has 1 aliphatic carbocycles. The third kappa shape index (κ3) is 3.01. The van der Waals surface area contributed by atoms with Gasteiger partial charge >= 0.3 is 0 Å². The number of nitrogens with zero attached hydrogens (tertiary/aromatic N) is 1. The molecule has 0 spiro atoms. The van der Waals surface area contributed by atoms with Crippen LogP contribution in [0.3, 0.4) is 0 Å². The van der Waals surface area contributed by atoms with Gasteiger partial charge in [-0.2, -0.15) is 0 Å². The number of unbranched alkanes of at least 4 members (excludes halogenated alkanes) is 1. The van der Waals surface area contributed by atoms with Crippen molar-refractivity contribution >= 4 is 5.91 Å². The van der Waals surface area contributed by atoms with E-state index in [1.54, 1.807) is 0 Å². The molecular formula is C14H26N2O. The monoisotopic (exact) mass is 238 g/mol. The lowest BCUT2D eigenvalue weighted by Gasteiger charge is -2.38. The molecule has 1 aliphatic heterocycles. The van der Waals surface area contributed by atoms with Gasteiger partial charge in [0.05, 0.1) is 5.54 Å². The summed E-state index contributed by atoms with van der Waals surface area (Å²) in [7, 11) is 0. The molecule has 2 rings (SSSR count). The fraction of sp³-hybridized carbons (Fsp3) is 0.929. The third-order valence-electron chi connectivity index (χ3n) is 4.09. The molecule has 1 saturated carbocycles. The Bertz CT molecular complexity index is 267. The predicted molar refractivity (Wildman–Crippen MR) is 69.9 cm³/mol. The second kappa shape index (κ2) is 5.38. The first-order valence-corrected chi connectivity index (χ1v) is 7.23. The molecule has 0 bridgehead atoms. The molecule has 0 aromatic carbocycles. The molecule has 1 unspecified atom stereocenters. The van der Waals surface area contributed by atoms with E-state index in [2.05, 4.69) is 24.1 Å². The normalized spacial score (nSPS) is 29.1. The first kappa shape index (κ1) is 12.9. The van der Waals surface area contributed by atoms with E-state index in [4.69, 9.17) is 0 Å². The Kier molecular flexibility index (Phi) is 4.08. The van der Waals surface area contributed by atoms with E-state index < -0.39 is 0 Å². The number of rotatable bonds is 5. The second-order valence-electron chi connectivity index (χ2n) is 5.80. The zero-order chi connectivity index (χ0) is 12.3. The molecule has 0 aromatic heterocycles. The van der Waals surface area contributed by atoms with Gasteiger partial charge in [-0.1, -0.05) is 13.3 Å². The smallest absolute Gasteiger partial charge is 0.242 e. The summed E-state index contributed by atoms with van der Waals surface area (Å²) >= 11 is 0. The highest BCUT2D eigenvalue weighted by Gasteiger charge is 2.42. The first-order chi connectivity index (χ1) is 8.17. The minimum absolute atomic E-state index is 0.283. The van der Waals surface area contributed by atoms with Gasteiger partial charge in [0, 0.05) is 12.6 Å². The Labute approximate surface area is 105 Å². The van der Waals surface area contributed by atoms with Gasteiger partial charge in [0.1, 0.15) is 0 Å². The number of amides is 1. The minimum Gasteiger partial charge on any atom is -0.338 e. The molecule has 0 radical (unpaired) electrons. The van der Waals surface area contributed by atoms with E-state index in [-0.39, 0.29) is 5.54 Å². The van der Waals surface area contributed by atoms with Crippen molar-refractivity contribution in [2.75, 3.05) is 13.1 Å². The van der Waals surface area contributed by atoms with Crippen LogP contribution in [0, 0.1) is 0 Å². The van der Waals surface area contributed by atoms with Crippen LogP contribution in [-0.4, -0.2) is 35.5 Å². The van der Waals surface area contributed by atoms with E-state index in [1.165, 1.54) is 32.1 Å². The lowest BCUT2D eigenvalue weighted by molar-refractivity contribution is -0.139. The molecule has 1 heterocycles. The number of hydrogen-bond acceptors (Lipinski definition) is 2. The van der Waals surface area contributed by atoms with Crippen LogP contribution in [0.4, 0.5) is 0 Å². The molecule has 1 N–H and O–H groups in total. The van der Waals surface area contributed by atoms with Crippen LogP contribution < -0.4 is 5.32 Å². The Hall–Kier alpha value is -0.570. The standard InChI is InChI=1S/C14H26N2O/c1-3-4-11-16(12-7-8-12)13(17)14(2)9-5-6-10-15-14/h12,15H,3-11H2,1-2H3. The summed E-state index contributed by atoms with van der Waals surface area (Å²) in [5, 5.41) is 3.44. The van der Waals surface area contributed by atoms with Crippen LogP contribution in [0.5, 0.6) is 0 Å². The van der Waals surface area contributed by atoms with E-state index >= 15 is 0 Å². The Morgan fingerprint density at radius 2 is 2.18 bits per heavy atom. The van der Waals surface area contributed by atoms with E-state index in [0.29, 0.717) is 11.9 Å². The largest absolute Gasteiger partial charge is 0.338 e. The minimum atomic E-state index is -0.283. The quantitative estimate of drug-likeness (QED) is 0.797. The molecule has 98 valence electrons. The van der Waals surface area contributed by atoms with E-state index in [9.17, 15) is 4.79 Å². The average Bonchev–Trinajstić information content (AvgIpc) is 3.15. The van der Waals surface area contributed by atoms with Gasteiger partial charge in [0.2, 0.25) is 5.91 Å². The Balaban J connectivity index is 1.98. The van der Waals surface area contributed by atoms with Crippen molar-refractivity contribution < 1.29 is 4.79 Å². The molecule has 0 aromatic rings. The first-order valence-electron chi connectivity index (χ1n) is 7.23. The van der Waals surface area contributed by atoms with E-state index in [1.807, 2.05) is 0 Å². The van der Waals surface area contributed by atoms with Gasteiger partial charge in [-0.15, -0.1) is 0 Å².